The first kappa shape index (κ1) is 22.7. The molecule has 2 aromatic carbocycles. The molecule has 1 unspecified atom stereocenters. The lowest BCUT2D eigenvalue weighted by Crippen LogP contribution is -2.20. The molecule has 0 aliphatic carbocycles. The Hall–Kier alpha value is -3.52. The van der Waals surface area contributed by atoms with Gasteiger partial charge in [0.15, 0.2) is 0 Å². The number of aromatic amines is 1. The summed E-state index contributed by atoms with van der Waals surface area (Å²) in [7, 11) is 1.65. The highest BCUT2D eigenvalue weighted by molar-refractivity contribution is 5.88. The molecule has 1 aromatic heterocycles. The van der Waals surface area contributed by atoms with E-state index in [4.69, 9.17) is 4.74 Å². The molecule has 4 rings (SSSR count). The molecule has 0 radical (unpaired) electrons. The van der Waals surface area contributed by atoms with Crippen LogP contribution in [0, 0.1) is 0 Å². The van der Waals surface area contributed by atoms with Crippen LogP contribution in [0.5, 0.6) is 5.75 Å². The Morgan fingerprint density at radius 2 is 1.97 bits per heavy atom. The lowest BCUT2D eigenvalue weighted by atomic mass is 10.1. The maximum Gasteiger partial charge on any atom is 0.327 e. The van der Waals surface area contributed by atoms with Crippen LogP contribution in [0.3, 0.4) is 0 Å². The second kappa shape index (κ2) is 9.95. The van der Waals surface area contributed by atoms with Crippen LogP contribution in [-0.4, -0.2) is 40.6 Å². The Labute approximate surface area is 193 Å². The Morgan fingerprint density at radius 3 is 2.70 bits per heavy atom. The molecule has 0 spiro atoms. The largest absolute Gasteiger partial charge is 0.495 e. The topological polar surface area (TPSA) is 91.4 Å². The number of H-pyrrole nitrogens is 1. The number of nitrogens with zero attached hydrogens (tertiary/aromatic N) is 2. The molecule has 1 aliphatic rings. The fourth-order valence-electron chi connectivity index (χ4n) is 4.28. The van der Waals surface area contributed by atoms with Gasteiger partial charge in [-0.25, -0.2) is 4.79 Å². The van der Waals surface area contributed by atoms with Crippen molar-refractivity contribution in [3.05, 3.63) is 70.3 Å². The summed E-state index contributed by atoms with van der Waals surface area (Å²) in [5.41, 5.74) is 3.39. The Kier molecular flexibility index (Phi) is 6.84. The van der Waals surface area contributed by atoms with Crippen LogP contribution in [0.1, 0.15) is 43.9 Å². The van der Waals surface area contributed by atoms with Gasteiger partial charge in [-0.15, -0.1) is 0 Å². The Morgan fingerprint density at radius 1 is 1.18 bits per heavy atom. The first-order chi connectivity index (χ1) is 15.9. The van der Waals surface area contributed by atoms with E-state index in [0.717, 1.165) is 36.6 Å². The number of likely N-dealkylation sites (tertiary alicyclic amines) is 1. The molecule has 33 heavy (non-hydrogen) atoms. The first-order valence-electron chi connectivity index (χ1n) is 11.3. The summed E-state index contributed by atoms with van der Waals surface area (Å²) in [5, 5.41) is 6.06. The third-order valence-corrected chi connectivity index (χ3v) is 5.99. The number of amides is 1. The van der Waals surface area contributed by atoms with Gasteiger partial charge in [-0.1, -0.05) is 18.2 Å². The van der Waals surface area contributed by atoms with E-state index < -0.39 is 0 Å². The molecule has 1 fully saturated rings. The first-order valence-corrected chi connectivity index (χ1v) is 11.3. The molecular weight excluding hydrogens is 418 g/mol. The minimum atomic E-state index is -0.223. The van der Waals surface area contributed by atoms with Crippen LogP contribution in [0.15, 0.2) is 53.5 Å². The minimum Gasteiger partial charge on any atom is -0.495 e. The van der Waals surface area contributed by atoms with Gasteiger partial charge < -0.3 is 15.4 Å². The smallest absolute Gasteiger partial charge is 0.327 e. The fourth-order valence-corrected chi connectivity index (χ4v) is 4.28. The number of anilines is 3. The van der Waals surface area contributed by atoms with Crippen LogP contribution in [-0.2, 0) is 11.3 Å². The van der Waals surface area contributed by atoms with Gasteiger partial charge in [0.1, 0.15) is 11.6 Å². The van der Waals surface area contributed by atoms with Gasteiger partial charge in [-0.05, 0) is 68.2 Å². The average Bonchev–Trinajstić information content (AvgIpc) is 3.43. The number of hydrogen-bond donors (Lipinski definition) is 3. The lowest BCUT2D eigenvalue weighted by molar-refractivity contribution is -0.114. The average molecular weight is 450 g/mol. The highest BCUT2D eigenvalue weighted by Gasteiger charge is 2.16. The van der Waals surface area contributed by atoms with E-state index in [0.29, 0.717) is 11.5 Å². The van der Waals surface area contributed by atoms with Gasteiger partial charge in [-0.3, -0.25) is 19.2 Å². The molecular formula is C25H31N5O3. The summed E-state index contributed by atoms with van der Waals surface area (Å²) in [6.07, 6.45) is 4.28. The second-order valence-corrected chi connectivity index (χ2v) is 8.51. The van der Waals surface area contributed by atoms with Crippen molar-refractivity contribution in [1.29, 1.82) is 0 Å². The van der Waals surface area contributed by atoms with E-state index in [-0.39, 0.29) is 17.6 Å². The summed E-state index contributed by atoms with van der Waals surface area (Å²) < 4.78 is 7.24. The molecule has 1 aliphatic heterocycles. The quantitative estimate of drug-likeness (QED) is 0.482. The highest BCUT2D eigenvalue weighted by Crippen LogP contribution is 2.29. The molecule has 1 saturated heterocycles. The molecule has 8 nitrogen and oxygen atoms in total. The number of hydrogen-bond acceptors (Lipinski definition) is 5. The number of rotatable bonds is 8. The number of benzene rings is 2. The van der Waals surface area contributed by atoms with Crippen molar-refractivity contribution in [2.75, 3.05) is 30.8 Å². The number of aromatic nitrogens is 2. The molecule has 8 heteroatoms. The maximum absolute atomic E-state index is 12.7. The zero-order valence-corrected chi connectivity index (χ0v) is 19.4. The maximum atomic E-state index is 12.7. The Balaban J connectivity index is 1.51. The van der Waals surface area contributed by atoms with Crippen LogP contribution in [0.4, 0.5) is 17.2 Å². The fraction of sp³-hybridized carbons (Fsp3) is 0.360. The third kappa shape index (κ3) is 5.46. The summed E-state index contributed by atoms with van der Waals surface area (Å²) in [6, 6.07) is 13.4. The predicted octanol–water partition coefficient (Wildman–Crippen LogP) is 4.09. The van der Waals surface area contributed by atoms with Gasteiger partial charge >= 0.3 is 5.69 Å². The minimum absolute atomic E-state index is 0.134. The van der Waals surface area contributed by atoms with Crippen molar-refractivity contribution in [2.24, 2.45) is 0 Å². The molecule has 2 heterocycles. The second-order valence-electron chi connectivity index (χ2n) is 8.51. The molecule has 174 valence electrons. The summed E-state index contributed by atoms with van der Waals surface area (Å²) in [4.78, 5) is 29.4. The number of carbonyl (C=O) groups is 1. The summed E-state index contributed by atoms with van der Waals surface area (Å²) >= 11 is 0. The molecule has 3 N–H and O–H groups in total. The number of carbonyl (C=O) groups excluding carboxylic acids is 1. The van der Waals surface area contributed by atoms with Crippen molar-refractivity contribution in [3.8, 4) is 5.75 Å². The van der Waals surface area contributed by atoms with Crippen LogP contribution < -0.4 is 21.1 Å². The standard InChI is InChI=1S/C25H31N5O3/c1-17(20-7-6-8-21(14-20)26-18(2)31)30-16-24(28-25(30)32)27-22-10-9-19(13-23(22)33-3)15-29-11-4-5-12-29/h6-10,13-14,16-17,27H,4-5,11-12,15H2,1-3H3,(H,26,31)(H,28,32). The van der Waals surface area contributed by atoms with Gasteiger partial charge in [0, 0.05) is 19.2 Å². The van der Waals surface area contributed by atoms with Gasteiger partial charge in [0.2, 0.25) is 5.91 Å². The van der Waals surface area contributed by atoms with E-state index in [1.807, 2.05) is 43.3 Å². The Bertz CT molecular complexity index is 1180. The van der Waals surface area contributed by atoms with Gasteiger partial charge in [-0.2, -0.15) is 0 Å². The molecule has 0 saturated carbocycles. The van der Waals surface area contributed by atoms with E-state index in [1.54, 1.807) is 17.9 Å². The molecule has 1 amide bonds. The van der Waals surface area contributed by atoms with Crippen molar-refractivity contribution < 1.29 is 9.53 Å². The summed E-state index contributed by atoms with van der Waals surface area (Å²) in [5.74, 6) is 1.18. The number of nitrogens with one attached hydrogen (secondary N) is 3. The zero-order chi connectivity index (χ0) is 23.4. The number of imidazole rings is 1. The zero-order valence-electron chi connectivity index (χ0n) is 19.4. The molecule has 1 atom stereocenters. The van der Waals surface area contributed by atoms with Gasteiger partial charge in [0.25, 0.3) is 0 Å². The molecule has 0 bridgehead atoms. The van der Waals surface area contributed by atoms with Gasteiger partial charge in [0.05, 0.1) is 25.0 Å². The van der Waals surface area contributed by atoms with E-state index in [9.17, 15) is 9.59 Å². The van der Waals surface area contributed by atoms with Crippen LogP contribution in [0.25, 0.3) is 0 Å². The summed E-state index contributed by atoms with van der Waals surface area (Å²) in [6.45, 7) is 6.61. The normalized spacial score (nSPS) is 14.8. The number of ether oxygens (including phenoxy) is 1. The van der Waals surface area contributed by atoms with Crippen molar-refractivity contribution in [1.82, 2.24) is 14.5 Å². The molecule has 3 aromatic rings. The van der Waals surface area contributed by atoms with E-state index in [2.05, 4.69) is 26.6 Å². The van der Waals surface area contributed by atoms with Crippen molar-refractivity contribution in [3.63, 3.8) is 0 Å². The van der Waals surface area contributed by atoms with Crippen LogP contribution >= 0.6 is 0 Å². The van der Waals surface area contributed by atoms with Crippen molar-refractivity contribution >= 4 is 23.1 Å². The van der Waals surface area contributed by atoms with E-state index in [1.165, 1.54) is 25.3 Å². The SMILES string of the molecule is COc1cc(CN2CCCC2)ccc1Nc1cn(C(C)c2cccc(NC(C)=O)c2)c(=O)[nH]1. The number of methoxy groups -OCH3 is 1. The van der Waals surface area contributed by atoms with Crippen molar-refractivity contribution in [2.45, 2.75) is 39.3 Å². The lowest BCUT2D eigenvalue weighted by Gasteiger charge is -2.17. The van der Waals surface area contributed by atoms with Crippen LogP contribution in [0.2, 0.25) is 0 Å². The highest BCUT2D eigenvalue weighted by atomic mass is 16.5. The monoisotopic (exact) mass is 449 g/mol. The predicted molar refractivity (Wildman–Crippen MR) is 130 cm³/mol. The third-order valence-electron chi connectivity index (χ3n) is 5.99. The van der Waals surface area contributed by atoms with E-state index >= 15 is 0 Å².